The molecular weight excluding hydrogens is 363 g/mol. The number of carbonyl (C=O) groups excluding carboxylic acids is 2. The molecule has 1 atom stereocenters. The topological polar surface area (TPSA) is 84.3 Å². The Kier molecular flexibility index (Phi) is 4.93. The number of nitrogens with one attached hydrogen (secondary N) is 1. The van der Waals surface area contributed by atoms with Crippen molar-refractivity contribution < 1.29 is 14.0 Å². The molecule has 1 unspecified atom stereocenters. The second kappa shape index (κ2) is 7.53. The van der Waals surface area contributed by atoms with Crippen LogP contribution >= 0.6 is 0 Å². The lowest BCUT2D eigenvalue weighted by Gasteiger charge is -2.16. The highest BCUT2D eigenvalue weighted by Gasteiger charge is 2.35. The van der Waals surface area contributed by atoms with E-state index in [1.165, 1.54) is 33.8 Å². The summed E-state index contributed by atoms with van der Waals surface area (Å²) in [4.78, 5) is 38.0. The van der Waals surface area contributed by atoms with Crippen molar-refractivity contribution in [2.75, 3.05) is 18.0 Å². The average Bonchev–Trinajstić information content (AvgIpc) is 3.45. The number of halogens is 1. The first kappa shape index (κ1) is 18.3. The van der Waals surface area contributed by atoms with Crippen molar-refractivity contribution in [2.24, 2.45) is 5.92 Å². The summed E-state index contributed by atoms with van der Waals surface area (Å²) in [6, 6.07) is 9.04. The van der Waals surface area contributed by atoms with E-state index in [4.69, 9.17) is 0 Å². The van der Waals surface area contributed by atoms with Gasteiger partial charge in [0.05, 0.1) is 18.2 Å². The van der Waals surface area contributed by atoms with Crippen LogP contribution in [-0.4, -0.2) is 34.7 Å². The third-order valence-corrected chi connectivity index (χ3v) is 5.12. The minimum atomic E-state index is -0.502. The van der Waals surface area contributed by atoms with Crippen LogP contribution in [0.4, 0.5) is 10.1 Å². The predicted molar refractivity (Wildman–Crippen MR) is 100 cm³/mol. The number of hydrogen-bond donors (Lipinski definition) is 1. The normalized spacial score (nSPS) is 19.1. The Balaban J connectivity index is 1.33. The van der Waals surface area contributed by atoms with E-state index in [1.54, 1.807) is 12.1 Å². The molecule has 1 saturated heterocycles. The molecule has 1 aliphatic carbocycles. The van der Waals surface area contributed by atoms with Crippen LogP contribution in [0.25, 0.3) is 0 Å². The van der Waals surface area contributed by atoms with E-state index in [0.29, 0.717) is 11.6 Å². The van der Waals surface area contributed by atoms with Gasteiger partial charge in [-0.1, -0.05) is 6.07 Å². The van der Waals surface area contributed by atoms with Crippen LogP contribution in [-0.2, 0) is 16.1 Å². The molecule has 28 heavy (non-hydrogen) atoms. The van der Waals surface area contributed by atoms with Gasteiger partial charge in [-0.05, 0) is 37.1 Å². The first-order valence-corrected chi connectivity index (χ1v) is 9.43. The van der Waals surface area contributed by atoms with Gasteiger partial charge in [-0.3, -0.25) is 14.4 Å². The molecule has 1 aromatic heterocycles. The van der Waals surface area contributed by atoms with E-state index >= 15 is 0 Å². The van der Waals surface area contributed by atoms with Crippen molar-refractivity contribution in [1.82, 2.24) is 15.1 Å². The van der Waals surface area contributed by atoms with E-state index in [-0.39, 0.29) is 43.4 Å². The van der Waals surface area contributed by atoms with Crippen molar-refractivity contribution in [2.45, 2.75) is 31.7 Å². The molecule has 0 radical (unpaired) electrons. The minimum absolute atomic E-state index is 0.0811. The maximum atomic E-state index is 13.4. The summed E-state index contributed by atoms with van der Waals surface area (Å²) in [5.41, 5.74) is 1.16. The lowest BCUT2D eigenvalue weighted by Crippen LogP contribution is -2.36. The SMILES string of the molecule is O=C(NCCn1nc(C2CC2)ccc1=O)C1CC(=O)N(c2cccc(F)c2)C1. The summed E-state index contributed by atoms with van der Waals surface area (Å²) in [5.74, 6) is -0.943. The van der Waals surface area contributed by atoms with Gasteiger partial charge in [-0.15, -0.1) is 0 Å². The van der Waals surface area contributed by atoms with Crippen LogP contribution in [0.15, 0.2) is 41.2 Å². The molecule has 146 valence electrons. The van der Waals surface area contributed by atoms with Gasteiger partial charge >= 0.3 is 0 Å². The van der Waals surface area contributed by atoms with Gasteiger partial charge in [-0.25, -0.2) is 9.07 Å². The van der Waals surface area contributed by atoms with E-state index in [1.807, 2.05) is 0 Å². The molecule has 2 heterocycles. The monoisotopic (exact) mass is 384 g/mol. The molecule has 1 N–H and O–H groups in total. The van der Waals surface area contributed by atoms with Crippen molar-refractivity contribution in [3.8, 4) is 0 Å². The molecule has 0 spiro atoms. The molecule has 8 heteroatoms. The quantitative estimate of drug-likeness (QED) is 0.817. The predicted octanol–water partition coefficient (Wildman–Crippen LogP) is 1.43. The van der Waals surface area contributed by atoms with Crippen LogP contribution in [0, 0.1) is 11.7 Å². The summed E-state index contributed by atoms with van der Waals surface area (Å²) >= 11 is 0. The first-order chi connectivity index (χ1) is 13.5. The second-order valence-electron chi connectivity index (χ2n) is 7.27. The van der Waals surface area contributed by atoms with Crippen LogP contribution < -0.4 is 15.8 Å². The molecule has 2 aromatic rings. The smallest absolute Gasteiger partial charge is 0.266 e. The lowest BCUT2D eigenvalue weighted by molar-refractivity contribution is -0.126. The number of hydrogen-bond acceptors (Lipinski definition) is 4. The molecule has 1 saturated carbocycles. The fourth-order valence-electron chi connectivity index (χ4n) is 3.43. The molecule has 2 fully saturated rings. The van der Waals surface area contributed by atoms with Crippen molar-refractivity contribution >= 4 is 17.5 Å². The van der Waals surface area contributed by atoms with Gasteiger partial charge in [0, 0.05) is 37.2 Å². The molecular formula is C20H21FN4O3. The third-order valence-electron chi connectivity index (χ3n) is 5.12. The van der Waals surface area contributed by atoms with Crippen LogP contribution in [0.3, 0.4) is 0 Å². The standard InChI is InChI=1S/C20H21FN4O3/c21-15-2-1-3-16(11-15)24-12-14(10-19(24)27)20(28)22-8-9-25-18(26)7-6-17(23-25)13-4-5-13/h1-3,6-7,11,13-14H,4-5,8-10,12H2,(H,22,28). The summed E-state index contributed by atoms with van der Waals surface area (Å²) in [6.07, 6.45) is 2.27. The van der Waals surface area contributed by atoms with E-state index in [9.17, 15) is 18.8 Å². The minimum Gasteiger partial charge on any atom is -0.354 e. The zero-order valence-electron chi connectivity index (χ0n) is 15.3. The number of benzene rings is 1. The van der Waals surface area contributed by atoms with E-state index in [0.717, 1.165) is 18.5 Å². The molecule has 1 aliphatic heterocycles. The number of amides is 2. The highest BCUT2D eigenvalue weighted by atomic mass is 19.1. The van der Waals surface area contributed by atoms with Gasteiger partial charge in [0.15, 0.2) is 0 Å². The maximum absolute atomic E-state index is 13.4. The first-order valence-electron chi connectivity index (χ1n) is 9.43. The summed E-state index contributed by atoms with van der Waals surface area (Å²) in [7, 11) is 0. The van der Waals surface area contributed by atoms with Crippen molar-refractivity contribution in [1.29, 1.82) is 0 Å². The summed E-state index contributed by atoms with van der Waals surface area (Å²) in [5, 5.41) is 7.13. The molecule has 0 bridgehead atoms. The molecule has 4 rings (SSSR count). The number of aromatic nitrogens is 2. The van der Waals surface area contributed by atoms with Crippen molar-refractivity contribution in [3.63, 3.8) is 0 Å². The largest absolute Gasteiger partial charge is 0.354 e. The van der Waals surface area contributed by atoms with Gasteiger partial charge < -0.3 is 10.2 Å². The molecule has 1 aromatic carbocycles. The second-order valence-corrected chi connectivity index (χ2v) is 7.27. The Morgan fingerprint density at radius 3 is 2.79 bits per heavy atom. The summed E-state index contributed by atoms with van der Waals surface area (Å²) in [6.45, 7) is 0.743. The van der Waals surface area contributed by atoms with Crippen LogP contribution in [0.5, 0.6) is 0 Å². The highest BCUT2D eigenvalue weighted by Crippen LogP contribution is 2.38. The molecule has 2 amide bonds. The van der Waals surface area contributed by atoms with Crippen molar-refractivity contribution in [3.05, 3.63) is 58.3 Å². The highest BCUT2D eigenvalue weighted by molar-refractivity contribution is 6.00. The average molecular weight is 384 g/mol. The van der Waals surface area contributed by atoms with Gasteiger partial charge in [-0.2, -0.15) is 5.10 Å². The zero-order valence-corrected chi connectivity index (χ0v) is 15.3. The Morgan fingerprint density at radius 1 is 1.21 bits per heavy atom. The van der Waals surface area contributed by atoms with Gasteiger partial charge in [0.2, 0.25) is 11.8 Å². The number of carbonyl (C=O) groups is 2. The number of nitrogens with zero attached hydrogens (tertiary/aromatic N) is 3. The van der Waals surface area contributed by atoms with Crippen LogP contribution in [0.2, 0.25) is 0 Å². The van der Waals surface area contributed by atoms with Gasteiger partial charge in [0.25, 0.3) is 5.56 Å². The van der Waals surface area contributed by atoms with E-state index < -0.39 is 11.7 Å². The van der Waals surface area contributed by atoms with E-state index in [2.05, 4.69) is 10.4 Å². The third kappa shape index (κ3) is 3.95. The Morgan fingerprint density at radius 2 is 2.04 bits per heavy atom. The summed E-state index contributed by atoms with van der Waals surface area (Å²) < 4.78 is 14.8. The fourth-order valence-corrected chi connectivity index (χ4v) is 3.43. The van der Waals surface area contributed by atoms with Crippen LogP contribution in [0.1, 0.15) is 30.9 Å². The molecule has 2 aliphatic rings. The zero-order chi connectivity index (χ0) is 19.7. The Bertz CT molecular complexity index is 970. The van der Waals surface area contributed by atoms with Gasteiger partial charge in [0.1, 0.15) is 5.82 Å². The maximum Gasteiger partial charge on any atom is 0.266 e. The molecule has 7 nitrogen and oxygen atoms in total. The number of anilines is 1. The Hall–Kier alpha value is -3.03. The fraction of sp³-hybridized carbons (Fsp3) is 0.400. The number of rotatable bonds is 6. The lowest BCUT2D eigenvalue weighted by atomic mass is 10.1. The Labute approximate surface area is 161 Å².